The van der Waals surface area contributed by atoms with Gasteiger partial charge >= 0.3 is 0 Å². The van der Waals surface area contributed by atoms with Crippen LogP contribution in [0.4, 0.5) is 8.78 Å². The molecule has 1 fully saturated rings. The van der Waals surface area contributed by atoms with Crippen LogP contribution >= 0.6 is 0 Å². The third kappa shape index (κ3) is 4.10. The smallest absolute Gasteiger partial charge is 0.295 e. The number of rotatable bonds is 5. The third-order valence-electron chi connectivity index (χ3n) is 5.33. The van der Waals surface area contributed by atoms with Crippen LogP contribution < -0.4 is 0 Å². The van der Waals surface area contributed by atoms with Crippen molar-refractivity contribution in [3.8, 4) is 0 Å². The molecule has 3 aromatic rings. The first-order chi connectivity index (χ1) is 15.0. The molecule has 4 rings (SSSR count). The maximum atomic E-state index is 13.3. The summed E-state index contributed by atoms with van der Waals surface area (Å²) in [6.45, 7) is 0.204. The van der Waals surface area contributed by atoms with Gasteiger partial charge in [0, 0.05) is 12.1 Å². The van der Waals surface area contributed by atoms with Crippen LogP contribution in [-0.4, -0.2) is 28.2 Å². The number of carbonyl (C=O) groups excluding carboxylic acids is 2. The lowest BCUT2D eigenvalue weighted by atomic mass is 9.95. The van der Waals surface area contributed by atoms with E-state index in [9.17, 15) is 23.5 Å². The lowest BCUT2D eigenvalue weighted by Gasteiger charge is -2.25. The Balaban J connectivity index is 1.74. The van der Waals surface area contributed by atoms with Gasteiger partial charge in [0.25, 0.3) is 11.7 Å². The van der Waals surface area contributed by atoms with Crippen LogP contribution in [-0.2, 0) is 16.0 Å². The normalized spacial score (nSPS) is 17.9. The Morgan fingerprint density at radius 3 is 2.03 bits per heavy atom. The first-order valence-electron chi connectivity index (χ1n) is 9.79. The van der Waals surface area contributed by atoms with Crippen LogP contribution in [0, 0.1) is 11.6 Å². The molecule has 1 aliphatic heterocycles. The number of nitrogens with zero attached hydrogens (tertiary/aromatic N) is 1. The van der Waals surface area contributed by atoms with Crippen LogP contribution in [0.5, 0.6) is 0 Å². The van der Waals surface area contributed by atoms with Gasteiger partial charge < -0.3 is 10.0 Å². The number of aliphatic hydroxyl groups excluding tert-OH is 1. The summed E-state index contributed by atoms with van der Waals surface area (Å²) in [6, 6.07) is 19.2. The second-order valence-electron chi connectivity index (χ2n) is 7.29. The highest BCUT2D eigenvalue weighted by Crippen LogP contribution is 2.39. The van der Waals surface area contributed by atoms with Crippen LogP contribution in [0.15, 0.2) is 84.4 Å². The first-order valence-corrected chi connectivity index (χ1v) is 9.79. The predicted octanol–water partition coefficient (Wildman–Crippen LogP) is 4.63. The minimum absolute atomic E-state index is 0.0399. The second kappa shape index (κ2) is 8.52. The molecule has 156 valence electrons. The zero-order valence-electron chi connectivity index (χ0n) is 16.5. The van der Waals surface area contributed by atoms with E-state index in [2.05, 4.69) is 0 Å². The molecule has 1 amide bonds. The average Bonchev–Trinajstić information content (AvgIpc) is 3.04. The number of halogens is 2. The molecule has 1 atom stereocenters. The van der Waals surface area contributed by atoms with E-state index in [1.807, 2.05) is 6.07 Å². The molecule has 3 aromatic carbocycles. The number of carbonyl (C=O) groups is 2. The molecule has 0 saturated carbocycles. The molecule has 0 radical (unpaired) electrons. The molecule has 1 heterocycles. The molecule has 1 saturated heterocycles. The molecule has 1 unspecified atom stereocenters. The second-order valence-corrected chi connectivity index (χ2v) is 7.29. The number of hydrogen-bond donors (Lipinski definition) is 1. The van der Waals surface area contributed by atoms with Crippen LogP contribution in [0.1, 0.15) is 22.7 Å². The van der Waals surface area contributed by atoms with Crippen LogP contribution in [0.2, 0.25) is 0 Å². The van der Waals surface area contributed by atoms with Crippen molar-refractivity contribution >= 4 is 17.4 Å². The van der Waals surface area contributed by atoms with Crippen molar-refractivity contribution in [2.45, 2.75) is 12.5 Å². The number of Topliss-reactive ketones (excluding diaryl/α,β-unsaturated/α-hetero) is 1. The van der Waals surface area contributed by atoms with E-state index in [4.69, 9.17) is 0 Å². The maximum Gasteiger partial charge on any atom is 0.295 e. The zero-order valence-corrected chi connectivity index (χ0v) is 16.5. The Labute approximate surface area is 178 Å². The third-order valence-corrected chi connectivity index (χ3v) is 5.33. The van der Waals surface area contributed by atoms with Crippen molar-refractivity contribution in [3.63, 3.8) is 0 Å². The van der Waals surface area contributed by atoms with E-state index in [0.29, 0.717) is 12.0 Å². The largest absolute Gasteiger partial charge is 0.507 e. The molecule has 0 spiro atoms. The molecule has 0 bridgehead atoms. The number of likely N-dealkylation sites (tertiary alicyclic amines) is 1. The number of ketones is 1. The first kappa shape index (κ1) is 20.5. The van der Waals surface area contributed by atoms with E-state index in [0.717, 1.165) is 5.56 Å². The number of benzene rings is 3. The van der Waals surface area contributed by atoms with Gasteiger partial charge in [-0.1, -0.05) is 42.5 Å². The van der Waals surface area contributed by atoms with E-state index in [1.165, 1.54) is 41.3 Å². The summed E-state index contributed by atoms with van der Waals surface area (Å²) < 4.78 is 26.5. The molecule has 4 nitrogen and oxygen atoms in total. The molecule has 0 aromatic heterocycles. The van der Waals surface area contributed by atoms with E-state index < -0.39 is 23.5 Å². The van der Waals surface area contributed by atoms with E-state index in [-0.39, 0.29) is 29.3 Å². The summed E-state index contributed by atoms with van der Waals surface area (Å²) in [7, 11) is 0. The van der Waals surface area contributed by atoms with E-state index >= 15 is 0 Å². The lowest BCUT2D eigenvalue weighted by Crippen LogP contribution is -2.31. The van der Waals surface area contributed by atoms with Crippen molar-refractivity contribution in [1.82, 2.24) is 4.90 Å². The average molecular weight is 419 g/mol. The summed E-state index contributed by atoms with van der Waals surface area (Å²) in [5.74, 6) is -2.70. The highest BCUT2D eigenvalue weighted by Gasteiger charge is 2.45. The highest BCUT2D eigenvalue weighted by molar-refractivity contribution is 6.46. The van der Waals surface area contributed by atoms with Crippen molar-refractivity contribution in [2.24, 2.45) is 0 Å². The Morgan fingerprint density at radius 2 is 1.42 bits per heavy atom. The fourth-order valence-corrected chi connectivity index (χ4v) is 3.76. The van der Waals surface area contributed by atoms with Crippen molar-refractivity contribution in [2.75, 3.05) is 6.54 Å². The minimum Gasteiger partial charge on any atom is -0.507 e. The molecule has 1 aliphatic rings. The maximum absolute atomic E-state index is 13.3. The van der Waals surface area contributed by atoms with Crippen molar-refractivity contribution in [3.05, 3.63) is 113 Å². The van der Waals surface area contributed by atoms with Crippen LogP contribution in [0.25, 0.3) is 5.76 Å². The summed E-state index contributed by atoms with van der Waals surface area (Å²) in [4.78, 5) is 27.2. The molecule has 0 aliphatic carbocycles. The molecular weight excluding hydrogens is 400 g/mol. The SMILES string of the molecule is O=C1C(=O)N(CCc2ccc(F)cc2)C(c2ccccc2)/C1=C(/O)c1ccc(F)cc1. The summed E-state index contributed by atoms with van der Waals surface area (Å²) in [5, 5.41) is 10.9. The van der Waals surface area contributed by atoms with Gasteiger partial charge in [0.05, 0.1) is 11.6 Å². The summed E-state index contributed by atoms with van der Waals surface area (Å²) in [5.41, 5.74) is 1.69. The highest BCUT2D eigenvalue weighted by atomic mass is 19.1. The van der Waals surface area contributed by atoms with Gasteiger partial charge in [-0.2, -0.15) is 0 Å². The van der Waals surface area contributed by atoms with Crippen LogP contribution in [0.3, 0.4) is 0 Å². The summed E-state index contributed by atoms with van der Waals surface area (Å²) >= 11 is 0. The van der Waals surface area contributed by atoms with Gasteiger partial charge in [0.2, 0.25) is 0 Å². The minimum atomic E-state index is -0.796. The zero-order chi connectivity index (χ0) is 22.0. The Morgan fingerprint density at radius 1 is 0.839 bits per heavy atom. The molecule has 1 N–H and O–H groups in total. The lowest BCUT2D eigenvalue weighted by molar-refractivity contribution is -0.139. The van der Waals surface area contributed by atoms with Crippen molar-refractivity contribution < 1.29 is 23.5 Å². The monoisotopic (exact) mass is 419 g/mol. The van der Waals surface area contributed by atoms with Crippen molar-refractivity contribution in [1.29, 1.82) is 0 Å². The van der Waals surface area contributed by atoms with Gasteiger partial charge in [-0.05, 0) is 53.9 Å². The van der Waals surface area contributed by atoms with Gasteiger partial charge in [-0.3, -0.25) is 9.59 Å². The Bertz CT molecular complexity index is 1140. The number of hydrogen-bond acceptors (Lipinski definition) is 3. The molecule has 6 heteroatoms. The van der Waals surface area contributed by atoms with Gasteiger partial charge in [0.15, 0.2) is 0 Å². The fraction of sp³-hybridized carbons (Fsp3) is 0.120. The predicted molar refractivity (Wildman–Crippen MR) is 112 cm³/mol. The Kier molecular flexibility index (Phi) is 5.62. The topological polar surface area (TPSA) is 57.6 Å². The van der Waals surface area contributed by atoms with Gasteiger partial charge in [-0.15, -0.1) is 0 Å². The van der Waals surface area contributed by atoms with Gasteiger partial charge in [0.1, 0.15) is 17.4 Å². The fourth-order valence-electron chi connectivity index (χ4n) is 3.76. The van der Waals surface area contributed by atoms with E-state index in [1.54, 1.807) is 36.4 Å². The number of amides is 1. The standard InChI is InChI=1S/C25H19F2NO3/c26-19-10-6-16(7-11-19)14-15-28-22(17-4-2-1-3-5-17)21(24(30)25(28)31)23(29)18-8-12-20(27)13-9-18/h1-13,22,29H,14-15H2/b23-21-. The quantitative estimate of drug-likeness (QED) is 0.373. The Hall–Kier alpha value is -3.80. The molecular formula is C25H19F2NO3. The summed E-state index contributed by atoms with van der Waals surface area (Å²) in [6.07, 6.45) is 0.410. The molecule has 31 heavy (non-hydrogen) atoms. The number of aliphatic hydroxyl groups is 1. The van der Waals surface area contributed by atoms with Gasteiger partial charge in [-0.25, -0.2) is 8.78 Å².